The second kappa shape index (κ2) is 6.18. The summed E-state index contributed by atoms with van der Waals surface area (Å²) in [6.07, 6.45) is 1.42. The smallest absolute Gasteiger partial charge is 0.303 e. The zero-order valence-electron chi connectivity index (χ0n) is 11.5. The average molecular weight is 256 g/mol. The quantitative estimate of drug-likeness (QED) is 0.662. The molecule has 0 radical (unpaired) electrons. The Balaban J connectivity index is 2.54. The van der Waals surface area contributed by atoms with Crippen LogP contribution in [0.4, 0.5) is 0 Å². The third kappa shape index (κ3) is 3.45. The molecule has 1 aliphatic rings. The first kappa shape index (κ1) is 15.0. The van der Waals surface area contributed by atoms with E-state index in [4.69, 9.17) is 5.11 Å². The van der Waals surface area contributed by atoms with Gasteiger partial charge in [0, 0.05) is 19.0 Å². The zero-order valence-corrected chi connectivity index (χ0v) is 11.5. The van der Waals surface area contributed by atoms with E-state index >= 15 is 0 Å². The van der Waals surface area contributed by atoms with Gasteiger partial charge >= 0.3 is 5.97 Å². The lowest BCUT2D eigenvalue weighted by Gasteiger charge is -2.32. The Hall–Kier alpha value is -1.10. The van der Waals surface area contributed by atoms with Crippen LogP contribution in [0, 0.1) is 11.3 Å². The summed E-state index contributed by atoms with van der Waals surface area (Å²) in [7, 11) is 0. The first-order valence-electron chi connectivity index (χ1n) is 6.62. The predicted octanol–water partition coefficient (Wildman–Crippen LogP) is 0.992. The fraction of sp³-hybridized carbons (Fsp3) is 0.846. The fourth-order valence-corrected chi connectivity index (χ4v) is 2.44. The summed E-state index contributed by atoms with van der Waals surface area (Å²) in [4.78, 5) is 22.9. The van der Waals surface area contributed by atoms with Crippen molar-refractivity contribution in [1.29, 1.82) is 0 Å². The molecule has 104 valence electrons. The van der Waals surface area contributed by atoms with Crippen molar-refractivity contribution in [2.75, 3.05) is 13.1 Å². The summed E-state index contributed by atoms with van der Waals surface area (Å²) in [6, 6.07) is -0.0928. The molecule has 3 N–H and O–H groups in total. The highest BCUT2D eigenvalue weighted by Gasteiger charge is 2.44. The van der Waals surface area contributed by atoms with Crippen LogP contribution in [-0.4, -0.2) is 36.1 Å². The SMILES string of the molecule is CC(CCC(=O)O)NC(=O)C1(C(C)C)CCNC1. The minimum Gasteiger partial charge on any atom is -0.481 e. The van der Waals surface area contributed by atoms with Crippen molar-refractivity contribution in [2.45, 2.75) is 46.1 Å². The van der Waals surface area contributed by atoms with Gasteiger partial charge in [-0.1, -0.05) is 13.8 Å². The summed E-state index contributed by atoms with van der Waals surface area (Å²) in [5.41, 5.74) is -0.336. The first-order valence-corrected chi connectivity index (χ1v) is 6.62. The molecule has 1 fully saturated rings. The Morgan fingerprint density at radius 2 is 2.06 bits per heavy atom. The highest BCUT2D eigenvalue weighted by Crippen LogP contribution is 2.34. The molecule has 0 aromatic heterocycles. The lowest BCUT2D eigenvalue weighted by atomic mass is 9.75. The van der Waals surface area contributed by atoms with Crippen molar-refractivity contribution in [1.82, 2.24) is 10.6 Å². The van der Waals surface area contributed by atoms with Gasteiger partial charge in [-0.3, -0.25) is 9.59 Å². The van der Waals surface area contributed by atoms with Gasteiger partial charge in [0.1, 0.15) is 0 Å². The second-order valence-corrected chi connectivity index (χ2v) is 5.54. The van der Waals surface area contributed by atoms with E-state index in [0.717, 1.165) is 13.0 Å². The van der Waals surface area contributed by atoms with Gasteiger partial charge in [-0.25, -0.2) is 0 Å². The lowest BCUT2D eigenvalue weighted by Crippen LogP contribution is -2.48. The van der Waals surface area contributed by atoms with E-state index < -0.39 is 5.97 Å². The van der Waals surface area contributed by atoms with Crippen molar-refractivity contribution >= 4 is 11.9 Å². The zero-order chi connectivity index (χ0) is 13.8. The molecular weight excluding hydrogens is 232 g/mol. The minimum absolute atomic E-state index is 0.0559. The van der Waals surface area contributed by atoms with E-state index in [1.807, 2.05) is 6.92 Å². The highest BCUT2D eigenvalue weighted by molar-refractivity contribution is 5.84. The third-order valence-electron chi connectivity index (χ3n) is 3.91. The van der Waals surface area contributed by atoms with Crippen LogP contribution in [0.2, 0.25) is 0 Å². The Kier molecular flexibility index (Phi) is 5.14. The molecule has 0 bridgehead atoms. The van der Waals surface area contributed by atoms with Crippen LogP contribution in [0.5, 0.6) is 0 Å². The second-order valence-electron chi connectivity index (χ2n) is 5.54. The van der Waals surface area contributed by atoms with Crippen LogP contribution in [0.15, 0.2) is 0 Å². The number of amides is 1. The average Bonchev–Trinajstić information content (AvgIpc) is 2.76. The number of nitrogens with one attached hydrogen (secondary N) is 2. The number of carboxylic acid groups (broad SMARTS) is 1. The maximum atomic E-state index is 12.4. The molecule has 0 spiro atoms. The highest BCUT2D eigenvalue weighted by atomic mass is 16.4. The Morgan fingerprint density at radius 1 is 1.39 bits per heavy atom. The molecule has 18 heavy (non-hydrogen) atoms. The molecule has 1 rings (SSSR count). The van der Waals surface area contributed by atoms with Crippen LogP contribution in [-0.2, 0) is 9.59 Å². The molecule has 1 heterocycles. The van der Waals surface area contributed by atoms with E-state index in [9.17, 15) is 9.59 Å². The lowest BCUT2D eigenvalue weighted by molar-refractivity contribution is -0.138. The Morgan fingerprint density at radius 3 is 2.50 bits per heavy atom. The number of carbonyl (C=O) groups is 2. The molecule has 0 aromatic rings. The minimum atomic E-state index is -0.822. The van der Waals surface area contributed by atoms with Crippen LogP contribution < -0.4 is 10.6 Å². The van der Waals surface area contributed by atoms with E-state index in [-0.39, 0.29) is 29.7 Å². The van der Waals surface area contributed by atoms with Gasteiger partial charge in [0.2, 0.25) is 5.91 Å². The molecule has 1 amide bonds. The van der Waals surface area contributed by atoms with Gasteiger partial charge in [0.15, 0.2) is 0 Å². The largest absolute Gasteiger partial charge is 0.481 e. The number of aliphatic carboxylic acids is 1. The van der Waals surface area contributed by atoms with E-state index in [1.165, 1.54) is 0 Å². The molecule has 0 aliphatic carbocycles. The van der Waals surface area contributed by atoms with Gasteiger partial charge in [0.25, 0.3) is 0 Å². The van der Waals surface area contributed by atoms with Gasteiger partial charge in [0.05, 0.1) is 5.41 Å². The summed E-state index contributed by atoms with van der Waals surface area (Å²) < 4.78 is 0. The van der Waals surface area contributed by atoms with Crippen molar-refractivity contribution in [3.63, 3.8) is 0 Å². The van der Waals surface area contributed by atoms with E-state index in [0.29, 0.717) is 13.0 Å². The predicted molar refractivity (Wildman–Crippen MR) is 69.2 cm³/mol. The van der Waals surface area contributed by atoms with Crippen molar-refractivity contribution in [3.05, 3.63) is 0 Å². The molecule has 2 unspecified atom stereocenters. The number of rotatable bonds is 6. The summed E-state index contributed by atoms with van der Waals surface area (Å²) in [6.45, 7) is 7.57. The monoisotopic (exact) mass is 256 g/mol. The molecule has 0 aromatic carbocycles. The maximum Gasteiger partial charge on any atom is 0.303 e. The molecule has 1 saturated heterocycles. The maximum absolute atomic E-state index is 12.4. The van der Waals surface area contributed by atoms with Crippen molar-refractivity contribution < 1.29 is 14.7 Å². The van der Waals surface area contributed by atoms with Gasteiger partial charge in [-0.2, -0.15) is 0 Å². The molecule has 2 atom stereocenters. The number of hydrogen-bond acceptors (Lipinski definition) is 3. The standard InChI is InChI=1S/C13H24N2O3/c1-9(2)13(6-7-14-8-13)12(18)15-10(3)4-5-11(16)17/h9-10,14H,4-8H2,1-3H3,(H,15,18)(H,16,17). The van der Waals surface area contributed by atoms with Crippen LogP contribution >= 0.6 is 0 Å². The third-order valence-corrected chi connectivity index (χ3v) is 3.91. The summed E-state index contributed by atoms with van der Waals surface area (Å²) >= 11 is 0. The van der Waals surface area contributed by atoms with Crippen LogP contribution in [0.1, 0.15) is 40.0 Å². The topological polar surface area (TPSA) is 78.4 Å². The van der Waals surface area contributed by atoms with Crippen LogP contribution in [0.3, 0.4) is 0 Å². The van der Waals surface area contributed by atoms with Gasteiger partial charge in [-0.05, 0) is 32.2 Å². The molecule has 1 aliphatic heterocycles. The van der Waals surface area contributed by atoms with Gasteiger partial charge in [-0.15, -0.1) is 0 Å². The van der Waals surface area contributed by atoms with Crippen molar-refractivity contribution in [3.8, 4) is 0 Å². The van der Waals surface area contributed by atoms with E-state index in [1.54, 1.807) is 0 Å². The van der Waals surface area contributed by atoms with Crippen LogP contribution in [0.25, 0.3) is 0 Å². The number of carbonyl (C=O) groups excluding carboxylic acids is 1. The molecular formula is C13H24N2O3. The fourth-order valence-electron chi connectivity index (χ4n) is 2.44. The number of carboxylic acids is 1. The Bertz CT molecular complexity index is 309. The van der Waals surface area contributed by atoms with Gasteiger partial charge < -0.3 is 15.7 Å². The van der Waals surface area contributed by atoms with E-state index in [2.05, 4.69) is 24.5 Å². The summed E-state index contributed by atoms with van der Waals surface area (Å²) in [5, 5.41) is 14.8. The summed E-state index contributed by atoms with van der Waals surface area (Å²) in [5.74, 6) is -0.489. The molecule has 5 heteroatoms. The molecule has 5 nitrogen and oxygen atoms in total. The first-order chi connectivity index (χ1) is 8.38. The van der Waals surface area contributed by atoms with Crippen molar-refractivity contribution in [2.24, 2.45) is 11.3 Å². The normalized spacial score (nSPS) is 25.1. The Labute approximate surface area is 108 Å². The molecule has 0 saturated carbocycles. The number of hydrogen-bond donors (Lipinski definition) is 3.